The summed E-state index contributed by atoms with van der Waals surface area (Å²) in [5.74, 6) is 4.78. The van der Waals surface area contributed by atoms with E-state index in [0.29, 0.717) is 28.5 Å². The first-order valence-corrected chi connectivity index (χ1v) is 18.0. The van der Waals surface area contributed by atoms with Gasteiger partial charge in [-0.3, -0.25) is 0 Å². The fourth-order valence-electron chi connectivity index (χ4n) is 10.0. The Morgan fingerprint density at radius 2 is 1.10 bits per heavy atom. The molecule has 0 spiro atoms. The second kappa shape index (κ2) is 11.5. The van der Waals surface area contributed by atoms with Gasteiger partial charge in [0.25, 0.3) is 0 Å². The first-order valence-electron chi connectivity index (χ1n) is 18.0. The van der Waals surface area contributed by atoms with Gasteiger partial charge in [0, 0.05) is 16.7 Å². The van der Waals surface area contributed by atoms with Crippen molar-refractivity contribution in [2.45, 2.75) is 43.9 Å². The number of rotatable bonds is 5. The van der Waals surface area contributed by atoms with Gasteiger partial charge in [-0.25, -0.2) is 15.0 Å². The molecule has 6 aromatic carbocycles. The van der Waals surface area contributed by atoms with Gasteiger partial charge in [-0.1, -0.05) is 109 Å². The third kappa shape index (κ3) is 4.91. The quantitative estimate of drug-likeness (QED) is 0.175. The number of fused-ring (bicyclic) bond motifs is 3. The van der Waals surface area contributed by atoms with Crippen LogP contribution in [0, 0.1) is 29.1 Å². The zero-order valence-electron chi connectivity index (χ0n) is 27.9. The average molecular weight is 645 g/mol. The van der Waals surface area contributed by atoms with Gasteiger partial charge in [0.15, 0.2) is 17.5 Å². The Morgan fingerprint density at radius 1 is 0.500 bits per heavy atom. The lowest BCUT2D eigenvalue weighted by Gasteiger charge is -2.57. The maximum Gasteiger partial charge on any atom is 0.164 e. The smallest absolute Gasteiger partial charge is 0.164 e. The molecule has 4 saturated carbocycles. The lowest BCUT2D eigenvalue weighted by atomic mass is 9.48. The Hall–Kier alpha value is -5.66. The van der Waals surface area contributed by atoms with Crippen LogP contribution in [0.15, 0.2) is 127 Å². The summed E-state index contributed by atoms with van der Waals surface area (Å²) < 4.78 is 0. The van der Waals surface area contributed by atoms with Crippen LogP contribution in [-0.2, 0) is 5.41 Å². The first kappa shape index (κ1) is 29.3. The number of hydrogen-bond acceptors (Lipinski definition) is 4. The second-order valence-electron chi connectivity index (χ2n) is 15.0. The lowest BCUT2D eigenvalue weighted by molar-refractivity contribution is -0.00518. The zero-order chi connectivity index (χ0) is 33.2. The van der Waals surface area contributed by atoms with Crippen LogP contribution in [0.1, 0.15) is 49.7 Å². The van der Waals surface area contributed by atoms with Gasteiger partial charge in [0.2, 0.25) is 0 Å². The van der Waals surface area contributed by atoms with Crippen molar-refractivity contribution >= 4 is 21.5 Å². The molecule has 4 bridgehead atoms. The normalized spacial score (nSPS) is 22.2. The molecule has 0 aliphatic heterocycles. The molecule has 0 unspecified atom stereocenters. The van der Waals surface area contributed by atoms with E-state index in [2.05, 4.69) is 97.1 Å². The van der Waals surface area contributed by atoms with Gasteiger partial charge in [0.05, 0.1) is 11.6 Å². The van der Waals surface area contributed by atoms with Crippen LogP contribution in [0.4, 0.5) is 0 Å². The summed E-state index contributed by atoms with van der Waals surface area (Å²) >= 11 is 0. The van der Waals surface area contributed by atoms with Gasteiger partial charge in [-0.05, 0) is 118 Å². The minimum Gasteiger partial charge on any atom is -0.208 e. The average Bonchev–Trinajstić information content (AvgIpc) is 3.17. The summed E-state index contributed by atoms with van der Waals surface area (Å²) in [6.07, 6.45) is 8.43. The zero-order valence-corrected chi connectivity index (χ0v) is 27.9. The highest BCUT2D eigenvalue weighted by molar-refractivity contribution is 6.12. The molecule has 4 aliphatic carbocycles. The molecule has 7 aromatic rings. The molecule has 4 heteroatoms. The maximum atomic E-state index is 9.57. The van der Waals surface area contributed by atoms with Crippen molar-refractivity contribution in [1.82, 2.24) is 15.0 Å². The van der Waals surface area contributed by atoms with Gasteiger partial charge in [0.1, 0.15) is 0 Å². The lowest BCUT2D eigenvalue weighted by Crippen LogP contribution is -2.48. The van der Waals surface area contributed by atoms with E-state index in [-0.39, 0.29) is 0 Å². The number of hydrogen-bond donors (Lipinski definition) is 0. The van der Waals surface area contributed by atoms with Crippen LogP contribution in [0.25, 0.3) is 66.8 Å². The molecule has 4 fully saturated rings. The van der Waals surface area contributed by atoms with Gasteiger partial charge in [-0.15, -0.1) is 0 Å². The van der Waals surface area contributed by atoms with E-state index in [1.54, 1.807) is 0 Å². The molecule has 240 valence electrons. The SMILES string of the molecule is N#Cc1ccc2ccc3c(-c4cccc(-c5nc(-c6ccccc6)nc(-c6ccc(C78CC9C[C@H](C7)C[C@@H](C9)C8)cc6)n5)c4)cccc3c2c1. The van der Waals surface area contributed by atoms with Crippen molar-refractivity contribution < 1.29 is 0 Å². The van der Waals surface area contributed by atoms with E-state index in [9.17, 15) is 5.26 Å². The maximum absolute atomic E-state index is 9.57. The highest BCUT2D eigenvalue weighted by Gasteiger charge is 2.51. The predicted octanol–water partition coefficient (Wildman–Crippen LogP) is 11.2. The fraction of sp³-hybridized carbons (Fsp3) is 0.217. The van der Waals surface area contributed by atoms with Crippen molar-refractivity contribution in [3.05, 3.63) is 139 Å². The molecule has 1 heterocycles. The van der Waals surface area contributed by atoms with Crippen molar-refractivity contribution in [2.75, 3.05) is 0 Å². The molecule has 0 atom stereocenters. The van der Waals surface area contributed by atoms with Gasteiger partial charge >= 0.3 is 0 Å². The molecule has 50 heavy (non-hydrogen) atoms. The van der Waals surface area contributed by atoms with Gasteiger partial charge < -0.3 is 0 Å². The summed E-state index contributed by atoms with van der Waals surface area (Å²) in [7, 11) is 0. The first-order chi connectivity index (χ1) is 24.6. The number of aromatic nitrogens is 3. The summed E-state index contributed by atoms with van der Waals surface area (Å²) in [5, 5.41) is 14.1. The Kier molecular flexibility index (Phi) is 6.71. The predicted molar refractivity (Wildman–Crippen MR) is 201 cm³/mol. The number of benzene rings is 6. The highest BCUT2D eigenvalue weighted by atomic mass is 15.0. The Balaban J connectivity index is 1.06. The van der Waals surface area contributed by atoms with Crippen LogP contribution in [0.5, 0.6) is 0 Å². The van der Waals surface area contributed by atoms with Crippen molar-refractivity contribution in [1.29, 1.82) is 5.26 Å². The third-order valence-corrected chi connectivity index (χ3v) is 11.9. The van der Waals surface area contributed by atoms with Crippen LogP contribution in [0.2, 0.25) is 0 Å². The van der Waals surface area contributed by atoms with E-state index in [1.807, 2.05) is 36.4 Å². The Bertz CT molecular complexity index is 2440. The fourth-order valence-corrected chi connectivity index (χ4v) is 10.0. The molecule has 4 nitrogen and oxygen atoms in total. The van der Waals surface area contributed by atoms with E-state index >= 15 is 0 Å². The third-order valence-electron chi connectivity index (χ3n) is 11.9. The minimum atomic E-state index is 0.360. The van der Waals surface area contributed by atoms with Crippen molar-refractivity contribution in [2.24, 2.45) is 17.8 Å². The summed E-state index contributed by atoms with van der Waals surface area (Å²) in [5.41, 5.74) is 7.69. The molecule has 0 radical (unpaired) electrons. The molecule has 1 aromatic heterocycles. The molecular formula is C46H36N4. The van der Waals surface area contributed by atoms with E-state index in [1.165, 1.54) is 44.1 Å². The summed E-state index contributed by atoms with van der Waals surface area (Å²) in [6, 6.07) is 46.9. The topological polar surface area (TPSA) is 62.5 Å². The number of nitriles is 1. The van der Waals surface area contributed by atoms with Crippen LogP contribution in [0.3, 0.4) is 0 Å². The Labute approximate surface area is 292 Å². The Morgan fingerprint density at radius 3 is 1.80 bits per heavy atom. The monoisotopic (exact) mass is 644 g/mol. The largest absolute Gasteiger partial charge is 0.208 e. The molecule has 4 aliphatic rings. The van der Waals surface area contributed by atoms with Crippen LogP contribution >= 0.6 is 0 Å². The van der Waals surface area contributed by atoms with Crippen LogP contribution < -0.4 is 0 Å². The summed E-state index contributed by atoms with van der Waals surface area (Å²) in [6.45, 7) is 0. The van der Waals surface area contributed by atoms with Crippen molar-refractivity contribution in [3.63, 3.8) is 0 Å². The van der Waals surface area contributed by atoms with E-state index in [4.69, 9.17) is 15.0 Å². The standard InChI is InChI=1S/C46H36N4/c47-28-29-12-13-33-16-19-41-39(10-5-11-40(41)42(33)23-29)36-8-4-9-37(24-36)45-49-43(34-6-2-1-3-7-34)48-44(50-45)35-14-17-38(18-15-35)46-25-30-20-31(26-46)22-32(21-30)27-46/h1-19,23-24,30-32H,20-22,25-27H2/t30-,31+,32?,46?. The number of nitrogens with zero attached hydrogens (tertiary/aromatic N) is 4. The molecule has 0 N–H and O–H groups in total. The van der Waals surface area contributed by atoms with E-state index in [0.717, 1.165) is 67.1 Å². The van der Waals surface area contributed by atoms with Crippen LogP contribution in [-0.4, -0.2) is 15.0 Å². The van der Waals surface area contributed by atoms with Crippen molar-refractivity contribution in [3.8, 4) is 51.4 Å². The second-order valence-corrected chi connectivity index (χ2v) is 15.0. The summed E-state index contributed by atoms with van der Waals surface area (Å²) in [4.78, 5) is 15.2. The van der Waals surface area contributed by atoms with E-state index < -0.39 is 0 Å². The van der Waals surface area contributed by atoms with Gasteiger partial charge in [-0.2, -0.15) is 5.26 Å². The molecule has 0 saturated heterocycles. The molecule has 0 amide bonds. The highest BCUT2D eigenvalue weighted by Crippen LogP contribution is 2.60. The molecule has 11 rings (SSSR count). The molecular weight excluding hydrogens is 609 g/mol. The minimum absolute atomic E-state index is 0.360.